The fourth-order valence-electron chi connectivity index (χ4n) is 1.12. The lowest BCUT2D eigenvalue weighted by Crippen LogP contribution is -2.39. The molecule has 76 valence electrons. The van der Waals surface area contributed by atoms with Crippen molar-refractivity contribution < 1.29 is 9.85 Å². The van der Waals surface area contributed by atoms with E-state index in [1.165, 1.54) is 19.1 Å². The summed E-state index contributed by atoms with van der Waals surface area (Å²) in [6.07, 6.45) is 3.39. The van der Waals surface area contributed by atoms with Crippen LogP contribution in [0.5, 0.6) is 0 Å². The molecule has 0 bridgehead atoms. The molecular weight excluding hydrogens is 212 g/mol. The van der Waals surface area contributed by atoms with Gasteiger partial charge in [0, 0.05) is 11.0 Å². The average Bonchev–Trinajstić information content (AvgIpc) is 2.02. The van der Waals surface area contributed by atoms with Crippen molar-refractivity contribution in [3.63, 3.8) is 0 Å². The summed E-state index contributed by atoms with van der Waals surface area (Å²) in [5, 5.41) is 20.9. The van der Waals surface area contributed by atoms with E-state index in [4.69, 9.17) is 11.6 Å². The van der Waals surface area contributed by atoms with E-state index < -0.39 is 20.8 Å². The molecule has 1 rings (SSSR count). The third-order valence-corrected chi connectivity index (χ3v) is 2.27. The third kappa shape index (κ3) is 1.90. The van der Waals surface area contributed by atoms with Gasteiger partial charge in [-0.1, -0.05) is 0 Å². The number of rotatable bonds is 2. The van der Waals surface area contributed by atoms with Crippen molar-refractivity contribution in [1.29, 1.82) is 0 Å². The van der Waals surface area contributed by atoms with Crippen molar-refractivity contribution in [2.45, 2.75) is 17.8 Å². The lowest BCUT2D eigenvalue weighted by Gasteiger charge is -2.21. The summed E-state index contributed by atoms with van der Waals surface area (Å²) < 4.78 is 0. The molecule has 0 aromatic rings. The fourth-order valence-corrected chi connectivity index (χ4v) is 1.32. The molecule has 0 radical (unpaired) electrons. The second kappa shape index (κ2) is 3.38. The number of allylic oxidation sites excluding steroid dienone is 1. The predicted molar refractivity (Wildman–Crippen MR) is 49.3 cm³/mol. The lowest BCUT2D eigenvalue weighted by atomic mass is 9.95. The minimum atomic E-state index is -1.27. The van der Waals surface area contributed by atoms with Crippen LogP contribution in [-0.4, -0.2) is 20.8 Å². The monoisotopic (exact) mass is 218 g/mol. The van der Waals surface area contributed by atoms with Crippen molar-refractivity contribution in [3.8, 4) is 0 Å². The van der Waals surface area contributed by atoms with Gasteiger partial charge in [-0.05, 0) is 13.0 Å². The van der Waals surface area contributed by atoms with Crippen LogP contribution in [0.15, 0.2) is 23.9 Å². The molecule has 6 nitrogen and oxygen atoms in total. The summed E-state index contributed by atoms with van der Waals surface area (Å²) in [7, 11) is 0. The summed E-state index contributed by atoms with van der Waals surface area (Å²) in [4.78, 5) is 18.4. The molecule has 2 atom stereocenters. The van der Waals surface area contributed by atoms with Gasteiger partial charge in [0.25, 0.3) is 11.7 Å². The molecule has 0 aromatic carbocycles. The number of hydrogen-bond donors (Lipinski definition) is 0. The summed E-state index contributed by atoms with van der Waals surface area (Å²) in [5.41, 5.74) is -0.301. The minimum Gasteiger partial charge on any atom is -0.264 e. The Morgan fingerprint density at radius 2 is 2.07 bits per heavy atom. The average molecular weight is 219 g/mol. The highest BCUT2D eigenvalue weighted by molar-refractivity contribution is 6.25. The molecule has 0 aromatic heterocycles. The molecule has 0 fully saturated rings. The highest BCUT2D eigenvalue weighted by Crippen LogP contribution is 2.29. The van der Waals surface area contributed by atoms with Crippen LogP contribution in [0.1, 0.15) is 6.92 Å². The second-order valence-corrected chi connectivity index (χ2v) is 3.88. The first-order chi connectivity index (χ1) is 6.34. The second-order valence-electron chi connectivity index (χ2n) is 3.06. The molecule has 14 heavy (non-hydrogen) atoms. The van der Waals surface area contributed by atoms with Crippen molar-refractivity contribution in [3.05, 3.63) is 44.2 Å². The van der Waals surface area contributed by atoms with E-state index in [0.717, 1.165) is 6.08 Å². The summed E-state index contributed by atoms with van der Waals surface area (Å²) in [6, 6.07) is -1.27. The molecule has 1 aliphatic carbocycles. The maximum atomic E-state index is 10.6. The first-order valence-electron chi connectivity index (χ1n) is 3.72. The number of halogens is 1. The van der Waals surface area contributed by atoms with Crippen LogP contribution < -0.4 is 0 Å². The first-order valence-corrected chi connectivity index (χ1v) is 4.10. The Labute approximate surface area is 84.2 Å². The van der Waals surface area contributed by atoms with Gasteiger partial charge in [-0.2, -0.15) is 0 Å². The van der Waals surface area contributed by atoms with Crippen molar-refractivity contribution in [2.75, 3.05) is 0 Å². The zero-order valence-corrected chi connectivity index (χ0v) is 7.97. The van der Waals surface area contributed by atoms with Gasteiger partial charge in [0.15, 0.2) is 0 Å². The van der Waals surface area contributed by atoms with Crippen molar-refractivity contribution in [2.24, 2.45) is 0 Å². The number of nitro groups is 2. The van der Waals surface area contributed by atoms with Gasteiger partial charge in [0.2, 0.25) is 0 Å². The lowest BCUT2D eigenvalue weighted by molar-refractivity contribution is -0.515. The molecule has 0 N–H and O–H groups in total. The third-order valence-electron chi connectivity index (χ3n) is 1.92. The van der Waals surface area contributed by atoms with Crippen LogP contribution >= 0.6 is 11.6 Å². The van der Waals surface area contributed by atoms with Crippen LogP contribution in [-0.2, 0) is 0 Å². The zero-order valence-electron chi connectivity index (χ0n) is 7.21. The smallest absolute Gasteiger partial charge is 0.264 e. The number of alkyl halides is 1. The number of hydrogen-bond acceptors (Lipinski definition) is 4. The van der Waals surface area contributed by atoms with Gasteiger partial charge < -0.3 is 0 Å². The Morgan fingerprint density at radius 1 is 1.50 bits per heavy atom. The van der Waals surface area contributed by atoms with E-state index in [1.54, 1.807) is 0 Å². The normalized spacial score (nSPS) is 31.0. The van der Waals surface area contributed by atoms with Gasteiger partial charge in [-0.3, -0.25) is 20.2 Å². The van der Waals surface area contributed by atoms with Crippen molar-refractivity contribution in [1.82, 2.24) is 0 Å². The van der Waals surface area contributed by atoms with Gasteiger partial charge in [-0.15, -0.1) is 11.6 Å². The maximum Gasteiger partial charge on any atom is 0.272 e. The van der Waals surface area contributed by atoms with Gasteiger partial charge in [0.1, 0.15) is 4.87 Å². The quantitative estimate of drug-likeness (QED) is 0.398. The Kier molecular flexibility index (Phi) is 2.57. The molecular formula is C7H7ClN2O4. The standard InChI is InChI=1S/C7H7ClN2O4/c1-7(8)3-2-5(9(11)12)4-6(7)10(13)14/h2-4,6H,1H3. The summed E-state index contributed by atoms with van der Waals surface area (Å²) in [6.45, 7) is 1.44. The summed E-state index contributed by atoms with van der Waals surface area (Å²) >= 11 is 5.81. The minimum absolute atomic E-state index is 0.301. The molecule has 0 saturated carbocycles. The largest absolute Gasteiger partial charge is 0.272 e. The van der Waals surface area contributed by atoms with E-state index in [0.29, 0.717) is 0 Å². The van der Waals surface area contributed by atoms with E-state index in [1.807, 2.05) is 0 Å². The molecule has 0 heterocycles. The zero-order chi connectivity index (χ0) is 10.9. The summed E-state index contributed by atoms with van der Waals surface area (Å²) in [5.74, 6) is 0. The van der Waals surface area contributed by atoms with E-state index in [-0.39, 0.29) is 5.70 Å². The highest BCUT2D eigenvalue weighted by Gasteiger charge is 2.42. The Bertz CT molecular complexity index is 348. The molecule has 0 saturated heterocycles. The first kappa shape index (κ1) is 10.6. The van der Waals surface area contributed by atoms with Crippen LogP contribution in [0.3, 0.4) is 0 Å². The molecule has 0 spiro atoms. The molecule has 1 aliphatic rings. The molecule has 2 unspecified atom stereocenters. The van der Waals surface area contributed by atoms with Crippen LogP contribution in [0.4, 0.5) is 0 Å². The maximum absolute atomic E-state index is 10.6. The van der Waals surface area contributed by atoms with Gasteiger partial charge in [-0.25, -0.2) is 0 Å². The van der Waals surface area contributed by atoms with E-state index in [2.05, 4.69) is 0 Å². The van der Waals surface area contributed by atoms with Crippen LogP contribution in [0.25, 0.3) is 0 Å². The van der Waals surface area contributed by atoms with Crippen LogP contribution in [0.2, 0.25) is 0 Å². The SMILES string of the molecule is CC1(Cl)C=CC([N+](=O)[O-])=CC1[N+](=O)[O-]. The Morgan fingerprint density at radius 3 is 2.50 bits per heavy atom. The Balaban J connectivity index is 3.07. The molecule has 7 heteroatoms. The molecule has 0 amide bonds. The van der Waals surface area contributed by atoms with Gasteiger partial charge in [0.05, 0.1) is 11.0 Å². The highest BCUT2D eigenvalue weighted by atomic mass is 35.5. The van der Waals surface area contributed by atoms with Crippen LogP contribution in [0, 0.1) is 20.2 Å². The van der Waals surface area contributed by atoms with E-state index >= 15 is 0 Å². The molecule has 0 aliphatic heterocycles. The number of nitrogens with zero attached hydrogens (tertiary/aromatic N) is 2. The van der Waals surface area contributed by atoms with E-state index in [9.17, 15) is 20.2 Å². The predicted octanol–water partition coefficient (Wildman–Crippen LogP) is 1.36. The van der Waals surface area contributed by atoms with Gasteiger partial charge >= 0.3 is 0 Å². The van der Waals surface area contributed by atoms with Crippen molar-refractivity contribution >= 4 is 11.6 Å². The topological polar surface area (TPSA) is 86.3 Å². The fraction of sp³-hybridized carbons (Fsp3) is 0.429. The Hall–Kier alpha value is -1.43.